The number of amides is 1. The van der Waals surface area contributed by atoms with E-state index < -0.39 is 0 Å². The normalized spacial score (nSPS) is 10.7. The maximum absolute atomic E-state index is 12.5. The Kier molecular flexibility index (Phi) is 5.13. The Labute approximate surface area is 141 Å². The van der Waals surface area contributed by atoms with Gasteiger partial charge in [-0.05, 0) is 29.8 Å². The first-order chi connectivity index (χ1) is 11.8. The van der Waals surface area contributed by atoms with Gasteiger partial charge in [-0.2, -0.15) is 0 Å². The molecule has 0 fully saturated rings. The molecule has 0 radical (unpaired) electrons. The highest BCUT2D eigenvalue weighted by atomic mass is 16.5. The topological polar surface area (TPSA) is 66.2 Å². The van der Waals surface area contributed by atoms with Gasteiger partial charge in [0.2, 0.25) is 0 Å². The molecule has 0 saturated carbocycles. The Morgan fingerprint density at radius 1 is 1.12 bits per heavy atom. The Hall–Kier alpha value is -2.79. The molecule has 0 aliphatic carbocycles. The number of fused-ring (bicyclic) bond motifs is 1. The number of methoxy groups -OCH3 is 1. The highest BCUT2D eigenvalue weighted by Crippen LogP contribution is 2.18. The number of carbonyl (C=O) groups is 1. The molecule has 3 aromatic rings. The zero-order chi connectivity index (χ0) is 16.8. The Bertz CT molecular complexity index is 826. The Balaban J connectivity index is 1.69. The summed E-state index contributed by atoms with van der Waals surface area (Å²) in [6.07, 6.45) is 1.84. The molecule has 0 atom stereocenters. The van der Waals surface area contributed by atoms with Gasteiger partial charge in [-0.25, -0.2) is 0 Å². The largest absolute Gasteiger partial charge is 0.383 e. The molecule has 1 aromatic heterocycles. The molecule has 0 spiro atoms. The van der Waals surface area contributed by atoms with Crippen molar-refractivity contribution in [3.05, 3.63) is 65.9 Å². The number of hydrogen-bond donors (Lipinski definition) is 3. The van der Waals surface area contributed by atoms with Crippen LogP contribution < -0.4 is 10.6 Å². The van der Waals surface area contributed by atoms with Crippen molar-refractivity contribution in [1.82, 2.24) is 10.3 Å². The predicted octanol–water partition coefficient (Wildman–Crippen LogP) is 3.16. The van der Waals surface area contributed by atoms with Crippen LogP contribution in [-0.4, -0.2) is 31.2 Å². The van der Waals surface area contributed by atoms with Crippen LogP contribution in [0, 0.1) is 0 Å². The van der Waals surface area contributed by atoms with Gasteiger partial charge in [-0.1, -0.05) is 24.3 Å². The van der Waals surface area contributed by atoms with Gasteiger partial charge in [0.05, 0.1) is 6.61 Å². The van der Waals surface area contributed by atoms with E-state index in [1.165, 1.54) is 0 Å². The first-order valence-corrected chi connectivity index (χ1v) is 7.94. The van der Waals surface area contributed by atoms with Crippen LogP contribution in [0.2, 0.25) is 0 Å². The molecule has 5 heteroatoms. The Morgan fingerprint density at radius 3 is 2.88 bits per heavy atom. The smallest absolute Gasteiger partial charge is 0.252 e. The number of hydrogen-bond acceptors (Lipinski definition) is 3. The molecule has 0 aliphatic rings. The number of ether oxygens (including phenoxy) is 1. The lowest BCUT2D eigenvalue weighted by Gasteiger charge is -2.13. The average Bonchev–Trinajstić information content (AvgIpc) is 3.09. The maximum atomic E-state index is 12.5. The molecule has 0 bridgehead atoms. The van der Waals surface area contributed by atoms with E-state index in [1.807, 2.05) is 54.7 Å². The SMILES string of the molecule is COCCNc1ccccc1CNC(=O)c1cccc2[nH]ccc12. The van der Waals surface area contributed by atoms with Crippen molar-refractivity contribution in [2.45, 2.75) is 6.54 Å². The number of rotatable bonds is 7. The maximum Gasteiger partial charge on any atom is 0.252 e. The van der Waals surface area contributed by atoms with E-state index in [4.69, 9.17) is 4.74 Å². The van der Waals surface area contributed by atoms with E-state index in [9.17, 15) is 4.79 Å². The van der Waals surface area contributed by atoms with E-state index in [0.29, 0.717) is 18.7 Å². The number of carbonyl (C=O) groups excluding carboxylic acids is 1. The van der Waals surface area contributed by atoms with Crippen LogP contribution in [0.5, 0.6) is 0 Å². The summed E-state index contributed by atoms with van der Waals surface area (Å²) in [6.45, 7) is 1.83. The van der Waals surface area contributed by atoms with Gasteiger partial charge in [0.1, 0.15) is 0 Å². The van der Waals surface area contributed by atoms with E-state index in [2.05, 4.69) is 15.6 Å². The minimum atomic E-state index is -0.0769. The molecule has 1 heterocycles. The van der Waals surface area contributed by atoms with E-state index in [0.717, 1.165) is 28.7 Å². The van der Waals surface area contributed by atoms with Crippen LogP contribution >= 0.6 is 0 Å². The number of aromatic nitrogens is 1. The van der Waals surface area contributed by atoms with Gasteiger partial charge < -0.3 is 20.4 Å². The van der Waals surface area contributed by atoms with Crippen LogP contribution in [-0.2, 0) is 11.3 Å². The number of H-pyrrole nitrogens is 1. The van der Waals surface area contributed by atoms with Gasteiger partial charge in [-0.3, -0.25) is 4.79 Å². The van der Waals surface area contributed by atoms with Crippen LogP contribution in [0.4, 0.5) is 5.69 Å². The number of aromatic amines is 1. The number of anilines is 1. The minimum absolute atomic E-state index is 0.0769. The van der Waals surface area contributed by atoms with Crippen molar-refractivity contribution in [3.8, 4) is 0 Å². The highest BCUT2D eigenvalue weighted by Gasteiger charge is 2.11. The quantitative estimate of drug-likeness (QED) is 0.585. The summed E-state index contributed by atoms with van der Waals surface area (Å²) in [5.74, 6) is -0.0769. The molecule has 5 nitrogen and oxygen atoms in total. The second kappa shape index (κ2) is 7.66. The first-order valence-electron chi connectivity index (χ1n) is 7.94. The molecule has 24 heavy (non-hydrogen) atoms. The van der Waals surface area contributed by atoms with Gasteiger partial charge >= 0.3 is 0 Å². The summed E-state index contributed by atoms with van der Waals surface area (Å²) >= 11 is 0. The monoisotopic (exact) mass is 323 g/mol. The van der Waals surface area contributed by atoms with Gasteiger partial charge in [0.25, 0.3) is 5.91 Å². The molecular weight excluding hydrogens is 302 g/mol. The fourth-order valence-electron chi connectivity index (χ4n) is 2.69. The van der Waals surface area contributed by atoms with Crippen LogP contribution in [0.1, 0.15) is 15.9 Å². The van der Waals surface area contributed by atoms with Gasteiger partial charge in [0, 0.05) is 48.5 Å². The lowest BCUT2D eigenvalue weighted by atomic mass is 10.1. The summed E-state index contributed by atoms with van der Waals surface area (Å²) in [6, 6.07) is 15.6. The summed E-state index contributed by atoms with van der Waals surface area (Å²) < 4.78 is 5.06. The average molecular weight is 323 g/mol. The zero-order valence-corrected chi connectivity index (χ0v) is 13.6. The third kappa shape index (κ3) is 3.58. The number of benzene rings is 2. The lowest BCUT2D eigenvalue weighted by molar-refractivity contribution is 0.0952. The highest BCUT2D eigenvalue weighted by molar-refractivity contribution is 6.06. The third-order valence-electron chi connectivity index (χ3n) is 3.92. The minimum Gasteiger partial charge on any atom is -0.383 e. The molecule has 0 unspecified atom stereocenters. The predicted molar refractivity (Wildman–Crippen MR) is 96.3 cm³/mol. The zero-order valence-electron chi connectivity index (χ0n) is 13.6. The van der Waals surface area contributed by atoms with E-state index >= 15 is 0 Å². The van der Waals surface area contributed by atoms with Gasteiger partial charge in [0.15, 0.2) is 0 Å². The summed E-state index contributed by atoms with van der Waals surface area (Å²) in [7, 11) is 1.68. The van der Waals surface area contributed by atoms with Gasteiger partial charge in [-0.15, -0.1) is 0 Å². The van der Waals surface area contributed by atoms with Crippen LogP contribution in [0.15, 0.2) is 54.7 Å². The van der Waals surface area contributed by atoms with Crippen molar-refractivity contribution in [3.63, 3.8) is 0 Å². The van der Waals surface area contributed by atoms with Crippen LogP contribution in [0.3, 0.4) is 0 Å². The first kappa shape index (κ1) is 16.1. The molecule has 3 rings (SSSR count). The molecule has 3 N–H and O–H groups in total. The van der Waals surface area contributed by atoms with E-state index in [-0.39, 0.29) is 5.91 Å². The second-order valence-electron chi connectivity index (χ2n) is 5.50. The molecule has 1 amide bonds. The summed E-state index contributed by atoms with van der Waals surface area (Å²) in [4.78, 5) is 15.7. The van der Waals surface area contributed by atoms with Crippen molar-refractivity contribution < 1.29 is 9.53 Å². The summed E-state index contributed by atoms with van der Waals surface area (Å²) in [5, 5.41) is 7.26. The fourth-order valence-corrected chi connectivity index (χ4v) is 2.69. The van der Waals surface area contributed by atoms with E-state index in [1.54, 1.807) is 7.11 Å². The lowest BCUT2D eigenvalue weighted by Crippen LogP contribution is -2.23. The molecule has 2 aromatic carbocycles. The Morgan fingerprint density at radius 2 is 2.00 bits per heavy atom. The second-order valence-corrected chi connectivity index (χ2v) is 5.50. The van der Waals surface area contributed by atoms with Crippen molar-refractivity contribution in [2.24, 2.45) is 0 Å². The molecule has 0 saturated heterocycles. The molecule has 0 aliphatic heterocycles. The van der Waals surface area contributed by atoms with Crippen LogP contribution in [0.25, 0.3) is 10.9 Å². The van der Waals surface area contributed by atoms with Crippen molar-refractivity contribution in [2.75, 3.05) is 25.6 Å². The molecule has 124 valence electrons. The summed E-state index contributed by atoms with van der Waals surface area (Å²) in [5.41, 5.74) is 3.70. The third-order valence-corrected chi connectivity index (χ3v) is 3.92. The van der Waals surface area contributed by atoms with Crippen molar-refractivity contribution in [1.29, 1.82) is 0 Å². The molecular formula is C19H21N3O2. The van der Waals surface area contributed by atoms with Crippen molar-refractivity contribution >= 4 is 22.5 Å². The number of nitrogens with one attached hydrogen (secondary N) is 3. The fraction of sp³-hybridized carbons (Fsp3) is 0.211. The standard InChI is InChI=1S/C19H21N3O2/c1-24-12-11-21-17-7-3-2-5-14(17)13-22-19(23)16-6-4-8-18-15(16)9-10-20-18/h2-10,20-21H,11-13H2,1H3,(H,22,23). The number of para-hydroxylation sites is 1.